The topological polar surface area (TPSA) is 56.3 Å². The van der Waals surface area contributed by atoms with Gasteiger partial charge in [-0.3, -0.25) is 0 Å². The van der Waals surface area contributed by atoms with Crippen molar-refractivity contribution in [3.05, 3.63) is 361 Å². The van der Waals surface area contributed by atoms with Gasteiger partial charge in [0.2, 0.25) is 0 Å². The van der Waals surface area contributed by atoms with Gasteiger partial charge in [0.05, 0.1) is 22.8 Å². The van der Waals surface area contributed by atoms with E-state index in [1.54, 1.807) is 0 Å². The summed E-state index contributed by atoms with van der Waals surface area (Å²) < 4.78 is 0. The Balaban J connectivity index is 1.17. The summed E-state index contributed by atoms with van der Waals surface area (Å²) in [6, 6.07) is 67.5. The van der Waals surface area contributed by atoms with Crippen molar-refractivity contribution < 1.29 is 0 Å². The molecule has 86 heavy (non-hydrogen) atoms. The van der Waals surface area contributed by atoms with Crippen LogP contribution < -0.4 is 21.4 Å². The summed E-state index contributed by atoms with van der Waals surface area (Å²) in [7, 11) is 0. The van der Waals surface area contributed by atoms with Crippen LogP contribution in [0.15, 0.2) is 228 Å². The van der Waals surface area contributed by atoms with Crippen LogP contribution in [0.5, 0.6) is 0 Å². The molecule has 0 saturated carbocycles. The van der Waals surface area contributed by atoms with Gasteiger partial charge in [-0.1, -0.05) is 180 Å². The first-order valence-corrected chi connectivity index (χ1v) is 30.1. The van der Waals surface area contributed by atoms with Gasteiger partial charge in [0.25, 0.3) is 0 Å². The number of aromatic amines is 2. The predicted molar refractivity (Wildman–Crippen MR) is 362 cm³/mol. The maximum atomic E-state index is 5.72. The number of H-pyrrole nitrogens is 2. The lowest BCUT2D eigenvalue weighted by Crippen LogP contribution is -2.20. The Hall–Kier alpha value is -9.90. The van der Waals surface area contributed by atoms with E-state index in [1.165, 1.54) is 89.0 Å². The third-order valence-electron chi connectivity index (χ3n) is 17.5. The van der Waals surface area contributed by atoms with Gasteiger partial charge in [-0.15, -0.1) is 0 Å². The zero-order valence-electron chi connectivity index (χ0n) is 51.5. The lowest BCUT2D eigenvalue weighted by Gasteiger charge is -2.19. The minimum Gasteiger partial charge on any atom is -0.354 e. The largest absolute Gasteiger partial charge is 0.354 e. The van der Waals surface area contributed by atoms with E-state index in [0.29, 0.717) is 0 Å². The molecule has 6 aliphatic rings. The van der Waals surface area contributed by atoms with Gasteiger partial charge in [-0.2, -0.15) is 0 Å². The number of hydrogen-bond acceptors (Lipinski definition) is 2. The molecule has 0 radical (unpaired) electrons. The molecule has 2 aromatic heterocycles. The highest BCUT2D eigenvalue weighted by Crippen LogP contribution is 2.40. The first-order valence-electron chi connectivity index (χ1n) is 30.1. The van der Waals surface area contributed by atoms with Crippen LogP contribution in [0, 0.1) is 83.1 Å². The Morgan fingerprint density at radius 3 is 0.744 bits per heavy atom. The lowest BCUT2D eigenvalue weighted by molar-refractivity contribution is 1.22. The number of allylic oxidation sites excluding steroid dienone is 4. The standard InChI is InChI=1S/C82H72N4/c1-47-39-51(5)73(52(6)40-47)79-61-23-25-62(26-24-61)80(74-53(7)41-48(2)42-54(74)8)70-37-33-67(85-70)78(60-21-17-14-18-22-60)68-34-38-72(86-68)82(76-57(11)45-50(4)46-58(76)12)64-29-27-63(28-30-64)81(75-55(9)43-49(3)44-56(75)10)71-36-32-66(84-71)77(59-19-15-13-16-20-59)65-31-35-69(79)83-65/h13-46,83,85H,1-12H3. The van der Waals surface area contributed by atoms with E-state index in [2.05, 4.69) is 299 Å². The zero-order valence-corrected chi connectivity index (χ0v) is 51.5. The van der Waals surface area contributed by atoms with Crippen LogP contribution in [0.1, 0.15) is 122 Å². The number of hydrogen-bond donors (Lipinski definition) is 2. The molecule has 0 saturated heterocycles. The number of aromatic nitrogens is 2. The van der Waals surface area contributed by atoms with Crippen LogP contribution in [-0.4, -0.2) is 21.4 Å². The fraction of sp³-hybridized carbons (Fsp3) is 0.146. The van der Waals surface area contributed by atoms with E-state index in [-0.39, 0.29) is 0 Å². The van der Waals surface area contributed by atoms with Crippen molar-refractivity contribution in [1.29, 1.82) is 0 Å². The van der Waals surface area contributed by atoms with E-state index in [4.69, 9.17) is 9.98 Å². The number of aliphatic imine (C=N–C) groups is 2. The highest BCUT2D eigenvalue weighted by molar-refractivity contribution is 6.31. The van der Waals surface area contributed by atoms with Gasteiger partial charge < -0.3 is 9.97 Å². The Morgan fingerprint density at radius 1 is 0.233 bits per heavy atom. The van der Waals surface area contributed by atoms with Crippen LogP contribution in [0.2, 0.25) is 0 Å². The van der Waals surface area contributed by atoms with Crippen molar-refractivity contribution in [3.63, 3.8) is 0 Å². The number of rotatable bonds is 6. The van der Waals surface area contributed by atoms with Crippen LogP contribution in [0.3, 0.4) is 0 Å². The molecule has 0 amide bonds. The molecule has 16 rings (SSSR count). The molecule has 6 aliphatic heterocycles. The number of nitrogens with one attached hydrogen (secondary N) is 2. The second kappa shape index (κ2) is 22.3. The summed E-state index contributed by atoms with van der Waals surface area (Å²) in [5, 5.41) is 4.05. The summed E-state index contributed by atoms with van der Waals surface area (Å²) in [5.74, 6) is 0. The average Bonchev–Trinajstić information content (AvgIpc) is 4.11. The van der Waals surface area contributed by atoms with E-state index in [9.17, 15) is 0 Å². The molecule has 12 bridgehead atoms. The monoisotopic (exact) mass is 1110 g/mol. The number of nitrogens with zero attached hydrogens (tertiary/aromatic N) is 2. The van der Waals surface area contributed by atoms with E-state index in [1.807, 2.05) is 0 Å². The van der Waals surface area contributed by atoms with E-state index < -0.39 is 0 Å². The van der Waals surface area contributed by atoms with Crippen molar-refractivity contribution in [2.75, 3.05) is 0 Å². The van der Waals surface area contributed by atoms with Gasteiger partial charge in [-0.25, -0.2) is 9.98 Å². The summed E-state index contributed by atoms with van der Waals surface area (Å²) in [4.78, 5) is 19.5. The van der Waals surface area contributed by atoms with Gasteiger partial charge in [0.15, 0.2) is 0 Å². The molecule has 0 atom stereocenters. The SMILES string of the molecule is Cc1cc(C)c(C2=C3C=CC(=N3)C(c3ccccc3)=c3ccc([nH]3)=C(c3c(C)cc(C)cc3C)c3ccc(cc3)C(c3c(C)cc(C)cc3C)=c3ccc([nH]3)=C(c3ccccc3)C3=NC(=C(c4c(C)cc(C)cc4C)c4ccc2cc4)C=C3)c(C)c1. The number of benzene rings is 8. The molecule has 0 fully saturated rings. The molecular weight excluding hydrogens is 1040 g/mol. The third kappa shape index (κ3) is 10.1. The molecule has 0 spiro atoms. The van der Waals surface area contributed by atoms with E-state index in [0.717, 1.165) is 111 Å². The molecule has 8 aromatic carbocycles. The molecule has 2 N–H and O–H groups in total. The molecule has 10 aromatic rings. The van der Waals surface area contributed by atoms with Crippen molar-refractivity contribution in [1.82, 2.24) is 9.97 Å². The molecule has 8 heterocycles. The maximum Gasteiger partial charge on any atom is 0.0737 e. The van der Waals surface area contributed by atoms with Crippen molar-refractivity contribution in [2.45, 2.75) is 83.1 Å². The summed E-state index contributed by atoms with van der Waals surface area (Å²) in [6.45, 7) is 26.7. The molecule has 4 nitrogen and oxygen atoms in total. The Labute approximate surface area is 506 Å². The minimum absolute atomic E-state index is 0.897. The third-order valence-corrected chi connectivity index (χ3v) is 17.5. The van der Waals surface area contributed by atoms with Gasteiger partial charge >= 0.3 is 0 Å². The van der Waals surface area contributed by atoms with Crippen LogP contribution in [-0.2, 0) is 0 Å². The van der Waals surface area contributed by atoms with Gasteiger partial charge in [-0.05, 0) is 232 Å². The van der Waals surface area contributed by atoms with Crippen LogP contribution >= 0.6 is 0 Å². The molecule has 420 valence electrons. The second-order valence-corrected chi connectivity index (χ2v) is 24.2. The highest BCUT2D eigenvalue weighted by Gasteiger charge is 2.26. The van der Waals surface area contributed by atoms with Crippen LogP contribution in [0.4, 0.5) is 0 Å². The summed E-state index contributed by atoms with van der Waals surface area (Å²) in [5.41, 5.74) is 36.4. The molecule has 0 aliphatic carbocycles. The Kier molecular flexibility index (Phi) is 14.3. The Bertz CT molecular complexity index is 4520. The maximum absolute atomic E-state index is 5.72. The highest BCUT2D eigenvalue weighted by atomic mass is 14.8. The predicted octanol–water partition coefficient (Wildman–Crippen LogP) is 16.2. The van der Waals surface area contributed by atoms with Crippen molar-refractivity contribution in [3.8, 4) is 0 Å². The normalized spacial score (nSPS) is 14.1. The molecule has 4 heteroatoms. The summed E-state index contributed by atoms with van der Waals surface area (Å²) >= 11 is 0. The van der Waals surface area contributed by atoms with E-state index >= 15 is 0 Å². The molecular formula is C82H72N4. The number of aryl methyl sites for hydroxylation is 12. The van der Waals surface area contributed by atoms with Gasteiger partial charge in [0, 0.05) is 54.8 Å². The van der Waals surface area contributed by atoms with Crippen molar-refractivity contribution >= 4 is 44.9 Å². The summed E-state index contributed by atoms with van der Waals surface area (Å²) in [6.07, 6.45) is 8.86. The smallest absolute Gasteiger partial charge is 0.0737 e. The fourth-order valence-corrected chi connectivity index (χ4v) is 14.4. The molecule has 0 unspecified atom stereocenters. The first-order chi connectivity index (χ1) is 41.6. The quantitative estimate of drug-likeness (QED) is 0.167. The van der Waals surface area contributed by atoms with Crippen molar-refractivity contribution in [2.24, 2.45) is 9.98 Å². The minimum atomic E-state index is 0.897. The fourth-order valence-electron chi connectivity index (χ4n) is 14.4. The zero-order chi connectivity index (χ0) is 59.7. The second-order valence-electron chi connectivity index (χ2n) is 24.2. The first kappa shape index (κ1) is 55.3. The Morgan fingerprint density at radius 2 is 0.465 bits per heavy atom. The van der Waals surface area contributed by atoms with Gasteiger partial charge in [0.1, 0.15) is 0 Å². The average molecular weight is 1110 g/mol. The lowest BCUT2D eigenvalue weighted by atomic mass is 9.85. The van der Waals surface area contributed by atoms with Crippen LogP contribution in [0.25, 0.3) is 33.4 Å².